The molecule has 18 heavy (non-hydrogen) atoms. The van der Waals surface area contributed by atoms with Crippen LogP contribution in [0, 0.1) is 6.92 Å². The largest absolute Gasteiger partial charge is 0.399 e. The number of nitrogen functional groups attached to an aromatic ring is 1. The molecule has 4 heteroatoms. The third-order valence-corrected chi connectivity index (χ3v) is 2.86. The summed E-state index contributed by atoms with van der Waals surface area (Å²) in [6.07, 6.45) is 0. The fraction of sp³-hybridized carbons (Fsp3) is 0.0714. The van der Waals surface area contributed by atoms with E-state index >= 15 is 0 Å². The Bertz CT molecular complexity index is 579. The van der Waals surface area contributed by atoms with Crippen LogP contribution in [0.2, 0.25) is 5.02 Å². The molecule has 92 valence electrons. The smallest absolute Gasteiger partial charge is 0.255 e. The van der Waals surface area contributed by atoms with Gasteiger partial charge in [-0.3, -0.25) is 4.79 Å². The van der Waals surface area contributed by atoms with E-state index in [1.807, 2.05) is 13.0 Å². The van der Waals surface area contributed by atoms with E-state index in [0.717, 1.165) is 5.56 Å². The Hall–Kier alpha value is -2.00. The number of nitrogens with one attached hydrogen (secondary N) is 1. The number of hydrogen-bond acceptors (Lipinski definition) is 2. The number of carbonyl (C=O) groups excluding carboxylic acids is 1. The molecule has 2 rings (SSSR count). The van der Waals surface area contributed by atoms with Crippen LogP contribution in [0.15, 0.2) is 42.5 Å². The Morgan fingerprint density at radius 3 is 2.44 bits per heavy atom. The molecule has 0 atom stereocenters. The molecule has 0 unspecified atom stereocenters. The molecule has 0 aliphatic carbocycles. The lowest BCUT2D eigenvalue weighted by molar-refractivity contribution is 0.102. The van der Waals surface area contributed by atoms with Gasteiger partial charge in [-0.15, -0.1) is 0 Å². The lowest BCUT2D eigenvalue weighted by Crippen LogP contribution is -2.12. The molecule has 0 aromatic heterocycles. The normalized spacial score (nSPS) is 10.1. The number of halogens is 1. The number of anilines is 2. The van der Waals surface area contributed by atoms with Crippen LogP contribution in [0.3, 0.4) is 0 Å². The molecular formula is C14H13ClN2O. The molecule has 0 aliphatic rings. The molecule has 0 saturated carbocycles. The van der Waals surface area contributed by atoms with E-state index in [9.17, 15) is 4.79 Å². The van der Waals surface area contributed by atoms with Gasteiger partial charge < -0.3 is 11.1 Å². The van der Waals surface area contributed by atoms with E-state index in [1.165, 1.54) is 0 Å². The Morgan fingerprint density at radius 1 is 1.17 bits per heavy atom. The van der Waals surface area contributed by atoms with Crippen molar-refractivity contribution in [1.82, 2.24) is 0 Å². The van der Waals surface area contributed by atoms with E-state index in [2.05, 4.69) is 5.32 Å². The Balaban J connectivity index is 2.18. The maximum absolute atomic E-state index is 12.0. The Kier molecular flexibility index (Phi) is 3.53. The first-order valence-electron chi connectivity index (χ1n) is 5.49. The van der Waals surface area contributed by atoms with Crippen LogP contribution in [-0.4, -0.2) is 5.91 Å². The number of benzene rings is 2. The average Bonchev–Trinajstić information content (AvgIpc) is 2.33. The first kappa shape index (κ1) is 12.5. The van der Waals surface area contributed by atoms with E-state index < -0.39 is 0 Å². The lowest BCUT2D eigenvalue weighted by atomic mass is 10.2. The van der Waals surface area contributed by atoms with Gasteiger partial charge in [0.1, 0.15) is 0 Å². The predicted molar refractivity (Wildman–Crippen MR) is 75.0 cm³/mol. The number of rotatable bonds is 2. The summed E-state index contributed by atoms with van der Waals surface area (Å²) in [7, 11) is 0. The maximum atomic E-state index is 12.0. The van der Waals surface area contributed by atoms with Gasteiger partial charge in [0.05, 0.1) is 10.7 Å². The number of amides is 1. The Labute approximate surface area is 111 Å². The highest BCUT2D eigenvalue weighted by atomic mass is 35.5. The molecule has 0 bridgehead atoms. The number of aryl methyl sites for hydroxylation is 1. The highest BCUT2D eigenvalue weighted by molar-refractivity contribution is 6.34. The average molecular weight is 261 g/mol. The van der Waals surface area contributed by atoms with Crippen molar-refractivity contribution < 1.29 is 4.79 Å². The van der Waals surface area contributed by atoms with Gasteiger partial charge in [-0.1, -0.05) is 17.7 Å². The van der Waals surface area contributed by atoms with Gasteiger partial charge in [0.2, 0.25) is 0 Å². The fourth-order valence-electron chi connectivity index (χ4n) is 1.55. The number of carbonyl (C=O) groups is 1. The first-order valence-corrected chi connectivity index (χ1v) is 5.87. The van der Waals surface area contributed by atoms with Gasteiger partial charge in [-0.2, -0.15) is 0 Å². The first-order chi connectivity index (χ1) is 8.56. The third kappa shape index (κ3) is 2.81. The molecular weight excluding hydrogens is 248 g/mol. The van der Waals surface area contributed by atoms with Gasteiger partial charge >= 0.3 is 0 Å². The van der Waals surface area contributed by atoms with Crippen molar-refractivity contribution in [3.05, 3.63) is 58.6 Å². The molecule has 0 spiro atoms. The summed E-state index contributed by atoms with van der Waals surface area (Å²) < 4.78 is 0. The van der Waals surface area contributed by atoms with Crippen LogP contribution in [0.5, 0.6) is 0 Å². The molecule has 2 aromatic rings. The summed E-state index contributed by atoms with van der Waals surface area (Å²) in [5.74, 6) is -0.208. The molecule has 3 N–H and O–H groups in total. The van der Waals surface area contributed by atoms with Gasteiger partial charge in [-0.25, -0.2) is 0 Å². The highest BCUT2D eigenvalue weighted by Crippen LogP contribution is 2.23. The fourth-order valence-corrected chi connectivity index (χ4v) is 1.83. The summed E-state index contributed by atoms with van der Waals surface area (Å²) in [6, 6.07) is 12.2. The van der Waals surface area contributed by atoms with Crippen molar-refractivity contribution in [2.24, 2.45) is 0 Å². The van der Waals surface area contributed by atoms with Crippen LogP contribution in [0.1, 0.15) is 15.9 Å². The second-order valence-corrected chi connectivity index (χ2v) is 4.47. The van der Waals surface area contributed by atoms with Crippen molar-refractivity contribution >= 4 is 28.9 Å². The molecule has 1 amide bonds. The monoisotopic (exact) mass is 260 g/mol. The summed E-state index contributed by atoms with van der Waals surface area (Å²) in [5.41, 5.74) is 8.38. The summed E-state index contributed by atoms with van der Waals surface area (Å²) in [4.78, 5) is 12.0. The molecule has 0 saturated heterocycles. The van der Waals surface area contributed by atoms with Crippen LogP contribution in [-0.2, 0) is 0 Å². The van der Waals surface area contributed by atoms with Crippen molar-refractivity contribution in [2.75, 3.05) is 11.1 Å². The maximum Gasteiger partial charge on any atom is 0.255 e. The zero-order valence-electron chi connectivity index (χ0n) is 9.91. The van der Waals surface area contributed by atoms with E-state index in [1.54, 1.807) is 36.4 Å². The van der Waals surface area contributed by atoms with E-state index in [0.29, 0.717) is 22.0 Å². The van der Waals surface area contributed by atoms with Crippen molar-refractivity contribution in [3.63, 3.8) is 0 Å². The lowest BCUT2D eigenvalue weighted by Gasteiger charge is -2.08. The Morgan fingerprint density at radius 2 is 1.83 bits per heavy atom. The quantitative estimate of drug-likeness (QED) is 0.812. The molecule has 2 aromatic carbocycles. The van der Waals surface area contributed by atoms with Crippen LogP contribution in [0.4, 0.5) is 11.4 Å². The highest BCUT2D eigenvalue weighted by Gasteiger charge is 2.08. The van der Waals surface area contributed by atoms with Gasteiger partial charge in [0.25, 0.3) is 5.91 Å². The van der Waals surface area contributed by atoms with Crippen molar-refractivity contribution in [1.29, 1.82) is 0 Å². The SMILES string of the molecule is Cc1ccc(NC(=O)c2ccc(N)cc2)c(Cl)c1. The second kappa shape index (κ2) is 5.10. The van der Waals surface area contributed by atoms with Crippen molar-refractivity contribution in [3.8, 4) is 0 Å². The molecule has 0 aliphatic heterocycles. The molecule has 0 fully saturated rings. The van der Waals surface area contributed by atoms with Crippen molar-refractivity contribution in [2.45, 2.75) is 6.92 Å². The zero-order valence-corrected chi connectivity index (χ0v) is 10.7. The number of hydrogen-bond donors (Lipinski definition) is 2. The zero-order chi connectivity index (χ0) is 13.1. The summed E-state index contributed by atoms with van der Waals surface area (Å²) in [6.45, 7) is 1.94. The minimum absolute atomic E-state index is 0.208. The van der Waals surface area contributed by atoms with Crippen LogP contribution in [0.25, 0.3) is 0 Å². The topological polar surface area (TPSA) is 55.1 Å². The molecule has 3 nitrogen and oxygen atoms in total. The minimum atomic E-state index is -0.208. The van der Waals surface area contributed by atoms with Crippen LogP contribution >= 0.6 is 11.6 Å². The minimum Gasteiger partial charge on any atom is -0.399 e. The van der Waals surface area contributed by atoms with Gasteiger partial charge in [0.15, 0.2) is 0 Å². The van der Waals surface area contributed by atoms with E-state index in [-0.39, 0.29) is 5.91 Å². The van der Waals surface area contributed by atoms with E-state index in [4.69, 9.17) is 17.3 Å². The van der Waals surface area contributed by atoms with Gasteiger partial charge in [0, 0.05) is 11.3 Å². The second-order valence-electron chi connectivity index (χ2n) is 4.06. The predicted octanol–water partition coefficient (Wildman–Crippen LogP) is 3.48. The summed E-state index contributed by atoms with van der Waals surface area (Å²) >= 11 is 6.05. The number of nitrogens with two attached hydrogens (primary N) is 1. The molecule has 0 radical (unpaired) electrons. The standard InChI is InChI=1S/C14H13ClN2O/c1-9-2-7-13(12(15)8-9)17-14(18)10-3-5-11(16)6-4-10/h2-8H,16H2,1H3,(H,17,18). The molecule has 0 heterocycles. The van der Waals surface area contributed by atoms with Gasteiger partial charge in [-0.05, 0) is 48.9 Å². The van der Waals surface area contributed by atoms with Crippen LogP contribution < -0.4 is 11.1 Å². The summed E-state index contributed by atoms with van der Waals surface area (Å²) in [5, 5.41) is 3.29. The third-order valence-electron chi connectivity index (χ3n) is 2.55.